The second-order valence-corrected chi connectivity index (χ2v) is 5.39. The molecular weight excluding hydrogens is 278 g/mol. The van der Waals surface area contributed by atoms with Crippen molar-refractivity contribution in [3.63, 3.8) is 0 Å². The molecule has 0 saturated carbocycles. The maximum atomic E-state index is 12.1. The number of aliphatic hydroxyl groups excluding tert-OH is 1. The van der Waals surface area contributed by atoms with Crippen LogP contribution in [-0.4, -0.2) is 90.1 Å². The third-order valence-corrected chi connectivity index (χ3v) is 4.03. The Morgan fingerprint density at radius 1 is 1.29 bits per heavy atom. The molecule has 120 valence electrons. The van der Waals surface area contributed by atoms with Gasteiger partial charge in [0.15, 0.2) is 0 Å². The number of carboxylic acids is 1. The van der Waals surface area contributed by atoms with Gasteiger partial charge < -0.3 is 25.2 Å². The molecule has 8 nitrogen and oxygen atoms in total. The van der Waals surface area contributed by atoms with Gasteiger partial charge in [0, 0.05) is 45.2 Å². The summed E-state index contributed by atoms with van der Waals surface area (Å²) in [5.41, 5.74) is 0. The van der Waals surface area contributed by atoms with Crippen LogP contribution in [0.1, 0.15) is 12.8 Å². The third-order valence-electron chi connectivity index (χ3n) is 4.03. The predicted molar refractivity (Wildman–Crippen MR) is 74.0 cm³/mol. The van der Waals surface area contributed by atoms with Gasteiger partial charge >= 0.3 is 12.0 Å². The number of nitrogens with one attached hydrogen (secondary N) is 1. The molecule has 21 heavy (non-hydrogen) atoms. The van der Waals surface area contributed by atoms with E-state index in [4.69, 9.17) is 14.9 Å². The number of aliphatic carboxylic acids is 1. The second-order valence-electron chi connectivity index (χ2n) is 5.39. The number of urea groups is 1. The molecule has 2 aliphatic heterocycles. The fourth-order valence-corrected chi connectivity index (χ4v) is 2.79. The first-order valence-corrected chi connectivity index (χ1v) is 7.32. The van der Waals surface area contributed by atoms with Crippen molar-refractivity contribution in [1.82, 2.24) is 15.1 Å². The Morgan fingerprint density at radius 3 is 2.62 bits per heavy atom. The molecule has 3 N–H and O–H groups in total. The van der Waals surface area contributed by atoms with Crippen LogP contribution in [0.3, 0.4) is 0 Å². The molecule has 2 fully saturated rings. The molecule has 2 amide bonds. The monoisotopic (exact) mass is 301 g/mol. The first kappa shape index (κ1) is 16.0. The topological polar surface area (TPSA) is 102 Å². The molecule has 2 rings (SSSR count). The van der Waals surface area contributed by atoms with Crippen LogP contribution in [-0.2, 0) is 9.53 Å². The summed E-state index contributed by atoms with van der Waals surface area (Å²) in [6, 6.07) is -1.09. The SMILES string of the molecule is O=C(O)[C@@H](CCO)NC(=O)N1CCC(N2CCOCC2)C1. The van der Waals surface area contributed by atoms with Gasteiger partial charge in [-0.3, -0.25) is 4.90 Å². The number of aliphatic hydroxyl groups is 1. The number of hydrogen-bond acceptors (Lipinski definition) is 5. The lowest BCUT2D eigenvalue weighted by atomic mass is 10.2. The first-order chi connectivity index (χ1) is 10.1. The number of carbonyl (C=O) groups excluding carboxylic acids is 1. The van der Waals surface area contributed by atoms with Gasteiger partial charge in [-0.25, -0.2) is 9.59 Å². The number of ether oxygens (including phenoxy) is 1. The summed E-state index contributed by atoms with van der Waals surface area (Å²) >= 11 is 0. The fourth-order valence-electron chi connectivity index (χ4n) is 2.79. The zero-order valence-corrected chi connectivity index (χ0v) is 12.0. The minimum atomic E-state index is -1.12. The summed E-state index contributed by atoms with van der Waals surface area (Å²) in [5, 5.41) is 20.3. The van der Waals surface area contributed by atoms with Gasteiger partial charge in [-0.1, -0.05) is 0 Å². The Kier molecular flexibility index (Phi) is 5.77. The van der Waals surface area contributed by atoms with Crippen LogP contribution >= 0.6 is 0 Å². The van der Waals surface area contributed by atoms with Crippen LogP contribution in [0.2, 0.25) is 0 Å². The number of carbonyl (C=O) groups is 2. The molecule has 2 saturated heterocycles. The number of nitrogens with zero attached hydrogens (tertiary/aromatic N) is 2. The van der Waals surface area contributed by atoms with Crippen molar-refractivity contribution < 1.29 is 24.5 Å². The molecule has 0 aliphatic carbocycles. The molecular formula is C13H23N3O5. The van der Waals surface area contributed by atoms with Gasteiger partial charge in [0.05, 0.1) is 13.2 Å². The largest absolute Gasteiger partial charge is 0.480 e. The molecule has 8 heteroatoms. The van der Waals surface area contributed by atoms with Crippen molar-refractivity contribution in [3.8, 4) is 0 Å². The van der Waals surface area contributed by atoms with E-state index < -0.39 is 12.0 Å². The number of hydrogen-bond donors (Lipinski definition) is 3. The van der Waals surface area contributed by atoms with Gasteiger partial charge in [-0.05, 0) is 6.42 Å². The van der Waals surface area contributed by atoms with Crippen molar-refractivity contribution in [2.24, 2.45) is 0 Å². The minimum Gasteiger partial charge on any atom is -0.480 e. The quantitative estimate of drug-likeness (QED) is 0.598. The Labute approximate surface area is 123 Å². The highest BCUT2D eigenvalue weighted by Crippen LogP contribution is 2.17. The maximum absolute atomic E-state index is 12.1. The molecule has 2 heterocycles. The van der Waals surface area contributed by atoms with E-state index in [-0.39, 0.29) is 19.1 Å². The first-order valence-electron chi connectivity index (χ1n) is 7.32. The molecule has 0 radical (unpaired) electrons. The number of rotatable bonds is 5. The molecule has 2 atom stereocenters. The highest BCUT2D eigenvalue weighted by atomic mass is 16.5. The van der Waals surface area contributed by atoms with Crippen molar-refractivity contribution in [1.29, 1.82) is 0 Å². The van der Waals surface area contributed by atoms with E-state index in [0.717, 1.165) is 32.7 Å². The van der Waals surface area contributed by atoms with Gasteiger partial charge in [0.25, 0.3) is 0 Å². The highest BCUT2D eigenvalue weighted by Gasteiger charge is 2.32. The van der Waals surface area contributed by atoms with Crippen LogP contribution in [0, 0.1) is 0 Å². The predicted octanol–water partition coefficient (Wildman–Crippen LogP) is -1.06. The third kappa shape index (κ3) is 4.29. The summed E-state index contributed by atoms with van der Waals surface area (Å²) in [4.78, 5) is 27.0. The van der Waals surface area contributed by atoms with Crippen LogP contribution in [0.5, 0.6) is 0 Å². The summed E-state index contributed by atoms with van der Waals surface area (Å²) in [5.74, 6) is -1.12. The van der Waals surface area contributed by atoms with Crippen LogP contribution < -0.4 is 5.32 Å². The van der Waals surface area contributed by atoms with Crippen molar-refractivity contribution >= 4 is 12.0 Å². The summed E-state index contributed by atoms with van der Waals surface area (Å²) < 4.78 is 5.32. The van der Waals surface area contributed by atoms with Crippen LogP contribution in [0.4, 0.5) is 4.79 Å². The lowest BCUT2D eigenvalue weighted by Gasteiger charge is -2.32. The van der Waals surface area contributed by atoms with E-state index in [1.54, 1.807) is 4.90 Å². The summed E-state index contributed by atoms with van der Waals surface area (Å²) in [6.07, 6.45) is 0.910. The summed E-state index contributed by atoms with van der Waals surface area (Å²) in [6.45, 7) is 4.16. The van der Waals surface area contributed by atoms with Gasteiger partial charge in [0.2, 0.25) is 0 Å². The maximum Gasteiger partial charge on any atom is 0.326 e. The van der Waals surface area contributed by atoms with Crippen LogP contribution in [0.15, 0.2) is 0 Å². The number of likely N-dealkylation sites (tertiary alicyclic amines) is 1. The average molecular weight is 301 g/mol. The standard InChI is InChI=1S/C13H23N3O5/c17-6-2-11(12(18)19)14-13(20)16-3-1-10(9-16)15-4-7-21-8-5-15/h10-11,17H,1-9H2,(H,14,20)(H,18,19)/t10?,11-/m1/s1. The number of carboxylic acid groups (broad SMARTS) is 1. The minimum absolute atomic E-state index is 0.0157. The molecule has 0 spiro atoms. The molecule has 2 aliphatic rings. The Hall–Kier alpha value is -1.38. The van der Waals surface area contributed by atoms with Crippen molar-refractivity contribution in [3.05, 3.63) is 0 Å². The zero-order chi connectivity index (χ0) is 15.2. The lowest BCUT2D eigenvalue weighted by molar-refractivity contribution is -0.139. The number of amides is 2. The van der Waals surface area contributed by atoms with E-state index >= 15 is 0 Å². The van der Waals surface area contributed by atoms with E-state index in [2.05, 4.69) is 10.2 Å². The smallest absolute Gasteiger partial charge is 0.326 e. The van der Waals surface area contributed by atoms with Crippen molar-refractivity contribution in [2.45, 2.75) is 24.9 Å². The molecule has 0 aromatic carbocycles. The van der Waals surface area contributed by atoms with Crippen LogP contribution in [0.25, 0.3) is 0 Å². The number of morpholine rings is 1. The van der Waals surface area contributed by atoms with E-state index in [1.165, 1.54) is 0 Å². The van der Waals surface area contributed by atoms with E-state index in [9.17, 15) is 9.59 Å². The summed E-state index contributed by atoms with van der Waals surface area (Å²) in [7, 11) is 0. The van der Waals surface area contributed by atoms with E-state index in [1.807, 2.05) is 0 Å². The molecule has 1 unspecified atom stereocenters. The van der Waals surface area contributed by atoms with Gasteiger partial charge in [-0.15, -0.1) is 0 Å². The molecule has 0 aromatic heterocycles. The zero-order valence-electron chi connectivity index (χ0n) is 12.0. The molecule has 0 bridgehead atoms. The van der Waals surface area contributed by atoms with Gasteiger partial charge in [0.1, 0.15) is 6.04 Å². The van der Waals surface area contributed by atoms with Crippen molar-refractivity contribution in [2.75, 3.05) is 46.0 Å². The highest BCUT2D eigenvalue weighted by molar-refractivity contribution is 5.82. The fraction of sp³-hybridized carbons (Fsp3) is 0.846. The lowest BCUT2D eigenvalue weighted by Crippen LogP contribution is -2.49. The second kappa shape index (κ2) is 7.58. The van der Waals surface area contributed by atoms with Gasteiger partial charge in [-0.2, -0.15) is 0 Å². The Bertz CT molecular complexity index is 373. The average Bonchev–Trinajstić information content (AvgIpc) is 2.97. The molecule has 0 aromatic rings. The Morgan fingerprint density at radius 2 is 2.00 bits per heavy atom. The van der Waals surface area contributed by atoms with E-state index in [0.29, 0.717) is 19.1 Å². The normalized spacial score (nSPS) is 24.8. The Balaban J connectivity index is 1.82.